The van der Waals surface area contributed by atoms with Gasteiger partial charge in [0.15, 0.2) is 5.82 Å². The number of nitrogens with zero attached hydrogens (tertiary/aromatic N) is 4. The molecule has 0 saturated carbocycles. The van der Waals surface area contributed by atoms with Crippen LogP contribution >= 0.6 is 0 Å². The molecule has 0 bridgehead atoms. The van der Waals surface area contributed by atoms with E-state index in [-0.39, 0.29) is 18.6 Å². The first kappa shape index (κ1) is 22.5. The summed E-state index contributed by atoms with van der Waals surface area (Å²) < 4.78 is 5.38. The van der Waals surface area contributed by atoms with Crippen LogP contribution in [0.1, 0.15) is 47.3 Å². The van der Waals surface area contributed by atoms with E-state index in [1.807, 2.05) is 44.2 Å². The number of amides is 1. The number of benzene rings is 1. The molecule has 1 atom stereocenters. The van der Waals surface area contributed by atoms with Crippen LogP contribution in [-0.2, 0) is 5.54 Å². The zero-order valence-corrected chi connectivity index (χ0v) is 19.5. The molecule has 5 rings (SSSR count). The predicted octanol–water partition coefficient (Wildman–Crippen LogP) is 3.70. The average Bonchev–Trinajstić information content (AvgIpc) is 3.37. The molecule has 35 heavy (non-hydrogen) atoms. The number of aliphatic hydroxyl groups is 1. The fourth-order valence-electron chi connectivity index (χ4n) is 4.06. The van der Waals surface area contributed by atoms with Gasteiger partial charge < -0.3 is 25.6 Å². The molecular weight excluding hydrogens is 446 g/mol. The zero-order chi connectivity index (χ0) is 24.6. The van der Waals surface area contributed by atoms with Crippen molar-refractivity contribution < 1.29 is 14.4 Å². The van der Waals surface area contributed by atoms with Crippen LogP contribution in [0.15, 0.2) is 59.3 Å². The number of nitrogens with one attached hydrogen (secondary N) is 3. The number of aromatic nitrogens is 4. The highest BCUT2D eigenvalue weighted by Crippen LogP contribution is 2.33. The summed E-state index contributed by atoms with van der Waals surface area (Å²) in [4.78, 5) is 25.7. The minimum Gasteiger partial charge on any atom is -0.394 e. The minimum atomic E-state index is -0.562. The Bertz CT molecular complexity index is 1390. The zero-order valence-electron chi connectivity index (χ0n) is 19.5. The monoisotopic (exact) mass is 471 g/mol. The molecule has 10 heteroatoms. The third-order valence-electron chi connectivity index (χ3n) is 5.79. The van der Waals surface area contributed by atoms with E-state index in [2.05, 4.69) is 36.1 Å². The van der Waals surface area contributed by atoms with Crippen molar-refractivity contribution in [2.75, 3.05) is 17.2 Å². The maximum absolute atomic E-state index is 12.2. The molecule has 1 amide bonds. The number of anilines is 3. The van der Waals surface area contributed by atoms with E-state index in [0.717, 1.165) is 5.56 Å². The normalized spacial score (nSPS) is 14.8. The van der Waals surface area contributed by atoms with Crippen LogP contribution in [0, 0.1) is 6.92 Å². The van der Waals surface area contributed by atoms with Crippen LogP contribution in [-0.4, -0.2) is 37.7 Å². The van der Waals surface area contributed by atoms with E-state index in [1.165, 1.54) is 0 Å². The summed E-state index contributed by atoms with van der Waals surface area (Å²) in [5.41, 5.74) is 2.85. The van der Waals surface area contributed by atoms with Crippen molar-refractivity contribution in [2.24, 2.45) is 0 Å². The molecule has 3 aromatic heterocycles. The van der Waals surface area contributed by atoms with Crippen molar-refractivity contribution in [2.45, 2.75) is 32.4 Å². The number of fused-ring (bicyclic) bond motifs is 1. The molecule has 178 valence electrons. The molecule has 0 spiro atoms. The molecule has 4 N–H and O–H groups in total. The number of aryl methyl sites for hydroxylation is 1. The second-order valence-corrected chi connectivity index (χ2v) is 8.85. The topological polar surface area (TPSA) is 138 Å². The number of pyridine rings is 2. The molecule has 10 nitrogen and oxygen atoms in total. The molecule has 1 aliphatic heterocycles. The van der Waals surface area contributed by atoms with E-state index in [0.29, 0.717) is 45.9 Å². The van der Waals surface area contributed by atoms with Gasteiger partial charge in [-0.15, -0.1) is 0 Å². The third kappa shape index (κ3) is 4.43. The molecule has 0 fully saturated rings. The van der Waals surface area contributed by atoms with Gasteiger partial charge in [-0.2, -0.15) is 4.98 Å². The van der Waals surface area contributed by atoms with Gasteiger partial charge in [0.2, 0.25) is 0 Å². The highest BCUT2D eigenvalue weighted by atomic mass is 16.5. The molecule has 0 radical (unpaired) electrons. The highest BCUT2D eigenvalue weighted by Gasteiger charge is 2.36. The SMILES string of the molecule is Cc1noc(-c2cnc(Nc3ccc4c(n3)C(C)(C)NC4=O)cc2N[C@H](CO)c2ccccc2)n1. The number of hydrogen-bond acceptors (Lipinski definition) is 9. The smallest absolute Gasteiger partial charge is 0.261 e. The average molecular weight is 472 g/mol. The summed E-state index contributed by atoms with van der Waals surface area (Å²) in [6.45, 7) is 5.44. The minimum absolute atomic E-state index is 0.125. The largest absolute Gasteiger partial charge is 0.394 e. The Morgan fingerprint density at radius 1 is 1.09 bits per heavy atom. The Morgan fingerprint density at radius 2 is 1.89 bits per heavy atom. The van der Waals surface area contributed by atoms with Gasteiger partial charge in [-0.05, 0) is 38.5 Å². The van der Waals surface area contributed by atoms with Crippen LogP contribution in [0.5, 0.6) is 0 Å². The number of carbonyl (C=O) groups is 1. The standard InChI is InChI=1S/C25H25N7O3/c1-14-27-24(35-32-14)17-12-26-21(11-18(17)28-19(13-33)15-7-5-4-6-8-15)29-20-10-9-16-22(30-20)25(2,3)31-23(16)34/h4-12,19,33H,13H2,1-3H3,(H,31,34)(H2,26,28,29,30)/t19-/m1/s1. The number of hydrogen-bond donors (Lipinski definition) is 4. The molecule has 4 heterocycles. The summed E-state index contributed by atoms with van der Waals surface area (Å²) in [6, 6.07) is 14.6. The van der Waals surface area contributed by atoms with Crippen molar-refractivity contribution >= 4 is 23.2 Å². The van der Waals surface area contributed by atoms with Crippen molar-refractivity contribution in [1.82, 2.24) is 25.4 Å². The van der Waals surface area contributed by atoms with E-state index >= 15 is 0 Å². The first-order valence-electron chi connectivity index (χ1n) is 11.2. The summed E-state index contributed by atoms with van der Waals surface area (Å²) in [5, 5.41) is 23.5. The van der Waals surface area contributed by atoms with Gasteiger partial charge in [0.1, 0.15) is 11.6 Å². The number of carbonyl (C=O) groups excluding carboxylic acids is 1. The van der Waals surface area contributed by atoms with E-state index in [9.17, 15) is 9.90 Å². The van der Waals surface area contributed by atoms with Crippen molar-refractivity contribution in [1.29, 1.82) is 0 Å². The first-order chi connectivity index (χ1) is 16.8. The number of rotatable bonds is 7. The van der Waals surface area contributed by atoms with Gasteiger partial charge >= 0.3 is 0 Å². The maximum atomic E-state index is 12.2. The predicted molar refractivity (Wildman–Crippen MR) is 130 cm³/mol. The lowest BCUT2D eigenvalue weighted by atomic mass is 10.0. The molecule has 1 aliphatic rings. The van der Waals surface area contributed by atoms with Gasteiger partial charge in [-0.1, -0.05) is 35.5 Å². The van der Waals surface area contributed by atoms with Gasteiger partial charge in [0, 0.05) is 12.3 Å². The summed E-state index contributed by atoms with van der Waals surface area (Å²) >= 11 is 0. The van der Waals surface area contributed by atoms with Gasteiger partial charge in [-0.25, -0.2) is 9.97 Å². The number of aliphatic hydroxyl groups excluding tert-OH is 1. The summed E-state index contributed by atoms with van der Waals surface area (Å²) in [5.74, 6) is 1.75. The molecule has 1 aromatic carbocycles. The molecular formula is C25H25N7O3. The Kier molecular flexibility index (Phi) is 5.65. The van der Waals surface area contributed by atoms with Crippen molar-refractivity contribution in [3.05, 3.63) is 77.4 Å². The lowest BCUT2D eigenvalue weighted by Crippen LogP contribution is -2.33. The molecule has 0 unspecified atom stereocenters. The highest BCUT2D eigenvalue weighted by molar-refractivity contribution is 5.99. The fraction of sp³-hybridized carbons (Fsp3) is 0.240. The van der Waals surface area contributed by atoms with Gasteiger partial charge in [-0.3, -0.25) is 4.79 Å². The van der Waals surface area contributed by atoms with Gasteiger partial charge in [0.25, 0.3) is 11.8 Å². The lowest BCUT2D eigenvalue weighted by Gasteiger charge is -2.20. The van der Waals surface area contributed by atoms with E-state index in [1.54, 1.807) is 31.3 Å². The first-order valence-corrected chi connectivity index (χ1v) is 11.2. The lowest BCUT2D eigenvalue weighted by molar-refractivity contribution is 0.0940. The summed E-state index contributed by atoms with van der Waals surface area (Å²) in [7, 11) is 0. The molecule has 0 saturated heterocycles. The molecule has 0 aliphatic carbocycles. The Balaban J connectivity index is 1.50. The second kappa shape index (κ2) is 8.80. The second-order valence-electron chi connectivity index (χ2n) is 8.85. The Morgan fingerprint density at radius 3 is 2.60 bits per heavy atom. The van der Waals surface area contributed by atoms with Crippen molar-refractivity contribution in [3.8, 4) is 11.5 Å². The third-order valence-corrected chi connectivity index (χ3v) is 5.79. The Hall–Kier alpha value is -4.31. The van der Waals surface area contributed by atoms with E-state index in [4.69, 9.17) is 4.52 Å². The van der Waals surface area contributed by atoms with Crippen LogP contribution in [0.25, 0.3) is 11.5 Å². The van der Waals surface area contributed by atoms with Crippen LogP contribution in [0.2, 0.25) is 0 Å². The van der Waals surface area contributed by atoms with Crippen molar-refractivity contribution in [3.63, 3.8) is 0 Å². The van der Waals surface area contributed by atoms with Gasteiger partial charge in [0.05, 0.1) is 40.7 Å². The van der Waals surface area contributed by atoms with E-state index < -0.39 is 5.54 Å². The fourth-order valence-corrected chi connectivity index (χ4v) is 4.06. The summed E-state index contributed by atoms with van der Waals surface area (Å²) in [6.07, 6.45) is 1.62. The van der Waals surface area contributed by atoms with Crippen LogP contribution < -0.4 is 16.0 Å². The van der Waals surface area contributed by atoms with Crippen LogP contribution in [0.4, 0.5) is 17.3 Å². The van der Waals surface area contributed by atoms with Crippen LogP contribution in [0.3, 0.4) is 0 Å². The maximum Gasteiger partial charge on any atom is 0.261 e. The Labute approximate surface area is 201 Å². The quantitative estimate of drug-likeness (QED) is 0.318. The molecule has 4 aromatic rings.